The predicted octanol–water partition coefficient (Wildman–Crippen LogP) is 1.28. The summed E-state index contributed by atoms with van der Waals surface area (Å²) in [6, 6.07) is 9.89. The number of carboxylic acid groups (broad SMARTS) is 1. The van der Waals surface area contributed by atoms with Crippen molar-refractivity contribution in [1.82, 2.24) is 15.4 Å². The van der Waals surface area contributed by atoms with Crippen molar-refractivity contribution in [3.05, 3.63) is 71.1 Å². The van der Waals surface area contributed by atoms with Gasteiger partial charge in [-0.05, 0) is 41.8 Å². The van der Waals surface area contributed by atoms with Crippen LogP contribution in [0.4, 0.5) is 0 Å². The molecule has 0 atom stereocenters. The van der Waals surface area contributed by atoms with Crippen LogP contribution in [0.3, 0.4) is 0 Å². The molecule has 7 nitrogen and oxygen atoms in total. The highest BCUT2D eigenvalue weighted by Crippen LogP contribution is 2.15. The van der Waals surface area contributed by atoms with E-state index in [0.29, 0.717) is 18.5 Å². The van der Waals surface area contributed by atoms with Gasteiger partial charge in [-0.25, -0.2) is 9.80 Å². The normalized spacial score (nSPS) is 15.5. The van der Waals surface area contributed by atoms with Crippen LogP contribution in [-0.4, -0.2) is 39.4 Å². The second-order valence-electron chi connectivity index (χ2n) is 5.49. The Labute approximate surface area is 143 Å². The molecule has 1 aromatic carbocycles. The van der Waals surface area contributed by atoms with E-state index in [-0.39, 0.29) is 11.1 Å². The third kappa shape index (κ3) is 3.72. The number of carbonyl (C=O) groups is 3. The highest BCUT2D eigenvalue weighted by Gasteiger charge is 2.32. The maximum absolute atomic E-state index is 12.4. The van der Waals surface area contributed by atoms with Gasteiger partial charge in [-0.2, -0.15) is 0 Å². The van der Waals surface area contributed by atoms with Gasteiger partial charge in [0.15, 0.2) is 0 Å². The van der Waals surface area contributed by atoms with Crippen molar-refractivity contribution >= 4 is 23.9 Å². The van der Waals surface area contributed by atoms with E-state index < -0.39 is 17.8 Å². The molecule has 0 saturated carbocycles. The molecule has 126 valence electrons. The molecule has 25 heavy (non-hydrogen) atoms. The van der Waals surface area contributed by atoms with Crippen molar-refractivity contribution < 1.29 is 19.5 Å². The largest absolute Gasteiger partial charge is 0.478 e. The van der Waals surface area contributed by atoms with Gasteiger partial charge >= 0.3 is 5.97 Å². The summed E-state index contributed by atoms with van der Waals surface area (Å²) in [4.78, 5) is 39.1. The summed E-state index contributed by atoms with van der Waals surface area (Å²) in [5, 5.41) is 10.1. The van der Waals surface area contributed by atoms with Gasteiger partial charge < -0.3 is 5.11 Å². The lowest BCUT2D eigenvalue weighted by atomic mass is 10.1. The van der Waals surface area contributed by atoms with E-state index in [1.807, 2.05) is 0 Å². The van der Waals surface area contributed by atoms with Crippen LogP contribution in [-0.2, 0) is 16.0 Å². The van der Waals surface area contributed by atoms with Gasteiger partial charge in [0.05, 0.1) is 5.56 Å². The van der Waals surface area contributed by atoms with E-state index >= 15 is 0 Å². The Morgan fingerprint density at radius 3 is 2.60 bits per heavy atom. The van der Waals surface area contributed by atoms with Gasteiger partial charge in [0.1, 0.15) is 5.57 Å². The number of rotatable bonds is 5. The fourth-order valence-electron chi connectivity index (χ4n) is 2.44. The molecule has 2 aromatic rings. The molecular formula is C18H15N3O4. The van der Waals surface area contributed by atoms with Gasteiger partial charge in [-0.15, -0.1) is 0 Å². The maximum Gasteiger partial charge on any atom is 0.335 e. The molecule has 1 aromatic heterocycles. The van der Waals surface area contributed by atoms with E-state index in [1.165, 1.54) is 23.2 Å². The molecule has 0 spiro atoms. The van der Waals surface area contributed by atoms with Crippen LogP contribution in [0, 0.1) is 0 Å². The molecule has 3 rings (SSSR count). The Morgan fingerprint density at radius 2 is 1.96 bits per heavy atom. The van der Waals surface area contributed by atoms with Gasteiger partial charge in [0.25, 0.3) is 11.8 Å². The predicted molar refractivity (Wildman–Crippen MR) is 89.2 cm³/mol. The summed E-state index contributed by atoms with van der Waals surface area (Å²) in [6.45, 7) is 0.293. The fraction of sp³-hybridized carbons (Fsp3) is 0.111. The molecule has 2 amide bonds. The minimum Gasteiger partial charge on any atom is -0.478 e. The molecule has 2 heterocycles. The number of hydrogen-bond donors (Lipinski definition) is 2. The second kappa shape index (κ2) is 6.96. The number of nitrogens with one attached hydrogen (secondary N) is 1. The maximum atomic E-state index is 12.4. The third-order valence-electron chi connectivity index (χ3n) is 3.78. The first kappa shape index (κ1) is 16.4. The number of aromatic carboxylic acids is 1. The first-order valence-electron chi connectivity index (χ1n) is 7.61. The molecule has 7 heteroatoms. The minimum atomic E-state index is -0.987. The lowest BCUT2D eigenvalue weighted by Gasteiger charge is -2.14. The molecule has 1 saturated heterocycles. The van der Waals surface area contributed by atoms with Crippen molar-refractivity contribution in [1.29, 1.82) is 0 Å². The number of nitrogens with zero attached hydrogens (tertiary/aromatic N) is 2. The first-order valence-corrected chi connectivity index (χ1v) is 7.61. The number of carbonyl (C=O) groups excluding carboxylic acids is 2. The average molecular weight is 337 g/mol. The SMILES string of the molecule is O=C1NN(CCc2ccc(C(=O)O)cc2)C(=O)C1=Cc1cccnc1. The van der Waals surface area contributed by atoms with Crippen LogP contribution in [0.1, 0.15) is 21.5 Å². The molecule has 2 N–H and O–H groups in total. The molecule has 0 aliphatic carbocycles. The van der Waals surface area contributed by atoms with Crippen molar-refractivity contribution in [3.63, 3.8) is 0 Å². The highest BCUT2D eigenvalue weighted by atomic mass is 16.4. The number of pyridine rings is 1. The van der Waals surface area contributed by atoms with E-state index in [0.717, 1.165) is 5.56 Å². The van der Waals surface area contributed by atoms with Crippen molar-refractivity contribution in [2.45, 2.75) is 6.42 Å². The Hall–Kier alpha value is -3.48. The number of aromatic nitrogens is 1. The smallest absolute Gasteiger partial charge is 0.335 e. The Morgan fingerprint density at radius 1 is 1.20 bits per heavy atom. The highest BCUT2D eigenvalue weighted by molar-refractivity contribution is 6.25. The molecule has 1 aliphatic rings. The first-order chi connectivity index (χ1) is 12.0. The summed E-state index contributed by atoms with van der Waals surface area (Å²) < 4.78 is 0. The topological polar surface area (TPSA) is 99.6 Å². The monoisotopic (exact) mass is 337 g/mol. The van der Waals surface area contributed by atoms with Gasteiger partial charge in [0.2, 0.25) is 0 Å². The van der Waals surface area contributed by atoms with Gasteiger partial charge in [-0.1, -0.05) is 18.2 Å². The zero-order chi connectivity index (χ0) is 17.8. The summed E-state index contributed by atoms with van der Waals surface area (Å²) in [5.41, 5.74) is 4.35. The molecule has 1 aliphatic heterocycles. The quantitative estimate of drug-likeness (QED) is 0.632. The van der Waals surface area contributed by atoms with Crippen molar-refractivity contribution in [2.24, 2.45) is 0 Å². The standard InChI is InChI=1S/C18H15N3O4/c22-16-15(10-13-2-1-8-19-11-13)17(23)21(20-16)9-7-12-3-5-14(6-4-12)18(24)25/h1-6,8,10-11H,7,9H2,(H,20,22)(H,24,25). The molecule has 0 unspecified atom stereocenters. The number of hydrazine groups is 1. The number of benzene rings is 1. The van der Waals surface area contributed by atoms with Crippen molar-refractivity contribution in [2.75, 3.05) is 6.54 Å². The molecular weight excluding hydrogens is 322 g/mol. The molecule has 1 fully saturated rings. The summed E-state index contributed by atoms with van der Waals surface area (Å²) in [7, 11) is 0. The third-order valence-corrected chi connectivity index (χ3v) is 3.78. The van der Waals surface area contributed by atoms with E-state index in [4.69, 9.17) is 5.11 Å². The van der Waals surface area contributed by atoms with Crippen molar-refractivity contribution in [3.8, 4) is 0 Å². The average Bonchev–Trinajstić information content (AvgIpc) is 2.89. The van der Waals surface area contributed by atoms with Crippen LogP contribution in [0.15, 0.2) is 54.4 Å². The Bertz CT molecular complexity index is 844. The van der Waals surface area contributed by atoms with Crippen LogP contribution < -0.4 is 5.43 Å². The van der Waals surface area contributed by atoms with Gasteiger partial charge in [0, 0.05) is 18.9 Å². The lowest BCUT2D eigenvalue weighted by molar-refractivity contribution is -0.128. The van der Waals surface area contributed by atoms with Crippen LogP contribution in [0.25, 0.3) is 6.08 Å². The minimum absolute atomic E-state index is 0.0641. The van der Waals surface area contributed by atoms with E-state index in [2.05, 4.69) is 10.4 Å². The van der Waals surface area contributed by atoms with Crippen LogP contribution in [0.5, 0.6) is 0 Å². The fourth-order valence-corrected chi connectivity index (χ4v) is 2.44. The number of amides is 2. The molecule has 0 radical (unpaired) electrons. The van der Waals surface area contributed by atoms with E-state index in [1.54, 1.807) is 36.7 Å². The van der Waals surface area contributed by atoms with Crippen LogP contribution in [0.2, 0.25) is 0 Å². The summed E-state index contributed by atoms with van der Waals surface area (Å²) >= 11 is 0. The Balaban J connectivity index is 1.66. The summed E-state index contributed by atoms with van der Waals surface area (Å²) in [6.07, 6.45) is 5.18. The number of hydrogen-bond acceptors (Lipinski definition) is 4. The zero-order valence-electron chi connectivity index (χ0n) is 13.2. The van der Waals surface area contributed by atoms with Gasteiger partial charge in [-0.3, -0.25) is 20.0 Å². The van der Waals surface area contributed by atoms with Crippen LogP contribution >= 0.6 is 0 Å². The van der Waals surface area contributed by atoms with E-state index in [9.17, 15) is 14.4 Å². The number of carboxylic acids is 1. The Kier molecular flexibility index (Phi) is 4.56. The zero-order valence-corrected chi connectivity index (χ0v) is 13.2. The second-order valence-corrected chi connectivity index (χ2v) is 5.49. The summed E-state index contributed by atoms with van der Waals surface area (Å²) in [5.74, 6) is -1.83. The molecule has 0 bridgehead atoms. The lowest BCUT2D eigenvalue weighted by Crippen LogP contribution is -2.37.